The monoisotopic (exact) mass is 399 g/mol. The third kappa shape index (κ3) is 4.23. The Hall–Kier alpha value is -2.96. The van der Waals surface area contributed by atoms with Crippen LogP contribution in [-0.4, -0.2) is 35.0 Å². The van der Waals surface area contributed by atoms with Crippen molar-refractivity contribution in [2.24, 2.45) is 0 Å². The number of nitrogens with zero attached hydrogens (tertiary/aromatic N) is 1. The van der Waals surface area contributed by atoms with Gasteiger partial charge in [-0.25, -0.2) is 13.6 Å². The highest BCUT2D eigenvalue weighted by Crippen LogP contribution is 2.35. The van der Waals surface area contributed by atoms with Crippen molar-refractivity contribution in [3.05, 3.63) is 65.7 Å². The second-order valence-corrected chi connectivity index (χ2v) is 7.71. The summed E-state index contributed by atoms with van der Waals surface area (Å²) in [6.45, 7) is 0. The van der Waals surface area contributed by atoms with Gasteiger partial charge in [0.15, 0.2) is 0 Å². The van der Waals surface area contributed by atoms with Crippen molar-refractivity contribution in [3.63, 3.8) is 0 Å². The third-order valence-corrected chi connectivity index (χ3v) is 5.75. The Kier molecular flexibility index (Phi) is 5.47. The van der Waals surface area contributed by atoms with Crippen LogP contribution in [0.15, 0.2) is 48.5 Å². The lowest BCUT2D eigenvalue weighted by molar-refractivity contribution is 0.0576. The van der Waals surface area contributed by atoms with Crippen LogP contribution < -0.4 is 10.6 Å². The molecule has 2 saturated heterocycles. The van der Waals surface area contributed by atoms with Crippen molar-refractivity contribution in [1.29, 1.82) is 0 Å². The van der Waals surface area contributed by atoms with E-state index in [-0.39, 0.29) is 41.3 Å². The third-order valence-electron chi connectivity index (χ3n) is 5.75. The number of hydrogen-bond acceptors (Lipinski definition) is 2. The van der Waals surface area contributed by atoms with Gasteiger partial charge < -0.3 is 15.5 Å². The molecule has 4 rings (SSSR count). The molecule has 2 aromatic rings. The highest BCUT2D eigenvalue weighted by Gasteiger charge is 2.41. The van der Waals surface area contributed by atoms with E-state index in [4.69, 9.17) is 0 Å². The standard InChI is InChI=1S/C22H23F2N3O2/c23-15-6-3-5-14(11-15)21(28)25-16-12-17-7-4-8-18(13-16)27(17)22(29)26-20-10-2-1-9-19(20)24/h1-3,5-6,9-11,16-18H,4,7-8,12-13H2,(H,25,28)(H,26,29)/t17-,18-/m1/s1. The summed E-state index contributed by atoms with van der Waals surface area (Å²) in [7, 11) is 0. The van der Waals surface area contributed by atoms with Crippen molar-refractivity contribution in [2.45, 2.75) is 50.2 Å². The Bertz CT molecular complexity index is 906. The Labute approximate surface area is 168 Å². The zero-order valence-corrected chi connectivity index (χ0v) is 15.9. The van der Waals surface area contributed by atoms with E-state index in [1.807, 2.05) is 0 Å². The van der Waals surface area contributed by atoms with Gasteiger partial charge in [-0.2, -0.15) is 0 Å². The lowest BCUT2D eigenvalue weighted by atomic mass is 9.82. The summed E-state index contributed by atoms with van der Waals surface area (Å²) in [5, 5.41) is 5.66. The molecule has 2 aromatic carbocycles. The molecule has 5 nitrogen and oxygen atoms in total. The first-order valence-corrected chi connectivity index (χ1v) is 9.91. The van der Waals surface area contributed by atoms with Crippen LogP contribution in [0.25, 0.3) is 0 Å². The molecular formula is C22H23F2N3O2. The average molecular weight is 399 g/mol. The topological polar surface area (TPSA) is 61.4 Å². The fourth-order valence-corrected chi connectivity index (χ4v) is 4.47. The minimum atomic E-state index is -0.469. The minimum absolute atomic E-state index is 0.0212. The van der Waals surface area contributed by atoms with Crippen LogP contribution in [0, 0.1) is 11.6 Å². The number of piperidine rings is 2. The highest BCUT2D eigenvalue weighted by molar-refractivity contribution is 5.94. The second-order valence-electron chi connectivity index (χ2n) is 7.71. The summed E-state index contributed by atoms with van der Waals surface area (Å²) in [5.41, 5.74) is 0.451. The number of fused-ring (bicyclic) bond motifs is 2. The first-order chi connectivity index (χ1) is 14.0. The highest BCUT2D eigenvalue weighted by atomic mass is 19.1. The quantitative estimate of drug-likeness (QED) is 0.808. The maximum atomic E-state index is 13.9. The maximum absolute atomic E-state index is 13.9. The van der Waals surface area contributed by atoms with Gasteiger partial charge in [0.25, 0.3) is 5.91 Å². The number of nitrogens with one attached hydrogen (secondary N) is 2. The summed E-state index contributed by atoms with van der Waals surface area (Å²) in [5.74, 6) is -1.23. The van der Waals surface area contributed by atoms with Gasteiger partial charge in [0.2, 0.25) is 0 Å². The molecule has 0 radical (unpaired) electrons. The van der Waals surface area contributed by atoms with Gasteiger partial charge in [-0.3, -0.25) is 4.79 Å². The number of amides is 3. The molecule has 0 aromatic heterocycles. The van der Waals surface area contributed by atoms with Crippen LogP contribution in [0.1, 0.15) is 42.5 Å². The van der Waals surface area contributed by atoms with Gasteiger partial charge in [-0.05, 0) is 62.4 Å². The molecule has 2 atom stereocenters. The average Bonchev–Trinajstić information content (AvgIpc) is 2.69. The minimum Gasteiger partial charge on any atom is -0.349 e. The van der Waals surface area contributed by atoms with Gasteiger partial charge in [0, 0.05) is 23.7 Å². The van der Waals surface area contributed by atoms with E-state index in [1.165, 1.54) is 30.3 Å². The van der Waals surface area contributed by atoms with E-state index in [1.54, 1.807) is 23.1 Å². The fraction of sp³-hybridized carbons (Fsp3) is 0.364. The predicted molar refractivity (Wildman–Crippen MR) is 106 cm³/mol. The van der Waals surface area contributed by atoms with Crippen LogP contribution in [0.3, 0.4) is 0 Å². The number of urea groups is 1. The normalized spacial score (nSPS) is 23.4. The zero-order valence-electron chi connectivity index (χ0n) is 15.9. The fourth-order valence-electron chi connectivity index (χ4n) is 4.47. The Morgan fingerprint density at radius 2 is 1.69 bits per heavy atom. The summed E-state index contributed by atoms with van der Waals surface area (Å²) < 4.78 is 27.3. The number of benzene rings is 2. The lowest BCUT2D eigenvalue weighted by Gasteiger charge is -2.48. The molecule has 0 aliphatic carbocycles. The molecule has 0 unspecified atom stereocenters. The maximum Gasteiger partial charge on any atom is 0.322 e. The molecule has 0 saturated carbocycles. The van der Waals surface area contributed by atoms with Crippen LogP contribution in [0.4, 0.5) is 19.3 Å². The van der Waals surface area contributed by atoms with Crippen LogP contribution >= 0.6 is 0 Å². The Morgan fingerprint density at radius 3 is 2.38 bits per heavy atom. The molecule has 3 amide bonds. The largest absolute Gasteiger partial charge is 0.349 e. The summed E-state index contributed by atoms with van der Waals surface area (Å²) >= 11 is 0. The number of anilines is 1. The molecule has 2 heterocycles. The van der Waals surface area contributed by atoms with Crippen molar-refractivity contribution in [3.8, 4) is 0 Å². The van der Waals surface area contributed by atoms with E-state index < -0.39 is 11.6 Å². The van der Waals surface area contributed by atoms with Crippen molar-refractivity contribution in [2.75, 3.05) is 5.32 Å². The van der Waals surface area contributed by atoms with E-state index in [0.29, 0.717) is 12.8 Å². The SMILES string of the molecule is O=C(NC1C[C@H]2CCC[C@H](C1)N2C(=O)Nc1ccccc1F)c1cccc(F)c1. The van der Waals surface area contributed by atoms with Gasteiger partial charge >= 0.3 is 6.03 Å². The molecule has 2 aliphatic rings. The van der Waals surface area contributed by atoms with Crippen molar-refractivity contribution in [1.82, 2.24) is 10.2 Å². The molecular weight excluding hydrogens is 376 g/mol. The Balaban J connectivity index is 1.43. The molecule has 29 heavy (non-hydrogen) atoms. The number of hydrogen-bond donors (Lipinski definition) is 2. The number of carbonyl (C=O) groups excluding carboxylic acids is 2. The van der Waals surface area contributed by atoms with Crippen LogP contribution in [0.2, 0.25) is 0 Å². The van der Waals surface area contributed by atoms with E-state index >= 15 is 0 Å². The van der Waals surface area contributed by atoms with Crippen molar-refractivity contribution < 1.29 is 18.4 Å². The summed E-state index contributed by atoms with van der Waals surface area (Å²) in [4.78, 5) is 27.1. The Morgan fingerprint density at radius 1 is 0.966 bits per heavy atom. The van der Waals surface area contributed by atoms with E-state index in [9.17, 15) is 18.4 Å². The van der Waals surface area contributed by atoms with Crippen molar-refractivity contribution >= 4 is 17.6 Å². The van der Waals surface area contributed by atoms with Gasteiger partial charge in [-0.1, -0.05) is 18.2 Å². The van der Waals surface area contributed by atoms with E-state index in [0.717, 1.165) is 19.3 Å². The zero-order chi connectivity index (χ0) is 20.4. The molecule has 2 bridgehead atoms. The molecule has 2 aliphatic heterocycles. The smallest absolute Gasteiger partial charge is 0.322 e. The van der Waals surface area contributed by atoms with Crippen LogP contribution in [0.5, 0.6) is 0 Å². The van der Waals surface area contributed by atoms with Crippen LogP contribution in [-0.2, 0) is 0 Å². The molecule has 152 valence electrons. The molecule has 0 spiro atoms. The predicted octanol–water partition coefficient (Wildman–Crippen LogP) is 4.31. The number of halogens is 2. The van der Waals surface area contributed by atoms with Gasteiger partial charge in [0.1, 0.15) is 11.6 Å². The van der Waals surface area contributed by atoms with Gasteiger partial charge in [-0.15, -0.1) is 0 Å². The number of rotatable bonds is 3. The lowest BCUT2D eigenvalue weighted by Crippen LogP contribution is -2.59. The first-order valence-electron chi connectivity index (χ1n) is 9.91. The molecule has 2 N–H and O–H groups in total. The van der Waals surface area contributed by atoms with E-state index in [2.05, 4.69) is 10.6 Å². The number of para-hydroxylation sites is 1. The van der Waals surface area contributed by atoms with Gasteiger partial charge in [0.05, 0.1) is 5.69 Å². The first kappa shape index (κ1) is 19.4. The molecule has 7 heteroatoms. The molecule has 2 fully saturated rings. The summed E-state index contributed by atoms with van der Waals surface area (Å²) in [6.07, 6.45) is 3.95. The second kappa shape index (κ2) is 8.19. The number of carbonyl (C=O) groups is 2. The summed E-state index contributed by atoms with van der Waals surface area (Å²) in [6, 6.07) is 11.3.